The van der Waals surface area contributed by atoms with Crippen LogP contribution in [-0.2, 0) is 9.47 Å². The zero-order chi connectivity index (χ0) is 9.68. The van der Waals surface area contributed by atoms with E-state index in [1.54, 1.807) is 14.2 Å². The Balaban J connectivity index is 1.99. The van der Waals surface area contributed by atoms with Gasteiger partial charge in [-0.25, -0.2) is 0 Å². The lowest BCUT2D eigenvalue weighted by Crippen LogP contribution is -2.48. The molecule has 1 saturated carbocycles. The number of nitrogens with one attached hydrogen (secondary N) is 1. The number of hydrogen-bond acceptors (Lipinski definition) is 3. The first-order chi connectivity index (χ1) is 6.26. The van der Waals surface area contributed by atoms with Gasteiger partial charge in [0.05, 0.1) is 6.10 Å². The van der Waals surface area contributed by atoms with E-state index in [0.29, 0.717) is 18.2 Å². The molecule has 1 fully saturated rings. The largest absolute Gasteiger partial charge is 0.385 e. The smallest absolute Gasteiger partial charge is 0.0601 e. The summed E-state index contributed by atoms with van der Waals surface area (Å²) in [6, 6.07) is 1.22. The minimum Gasteiger partial charge on any atom is -0.385 e. The molecule has 1 atom stereocenters. The monoisotopic (exact) mass is 187 g/mol. The highest BCUT2D eigenvalue weighted by Crippen LogP contribution is 2.23. The molecule has 3 nitrogen and oxygen atoms in total. The summed E-state index contributed by atoms with van der Waals surface area (Å²) in [7, 11) is 3.53. The standard InChI is InChI=1S/C10H21NO2/c1-8(4-5-12-2)11-9-6-10(7-9)13-3/h8-11H,4-7H2,1-3H3. The van der Waals surface area contributed by atoms with Crippen molar-refractivity contribution in [2.45, 2.75) is 44.4 Å². The van der Waals surface area contributed by atoms with Crippen molar-refractivity contribution in [3.63, 3.8) is 0 Å². The molecule has 0 heterocycles. The third kappa shape index (κ3) is 3.63. The first-order valence-electron chi connectivity index (χ1n) is 5.04. The topological polar surface area (TPSA) is 30.5 Å². The van der Waals surface area contributed by atoms with Crippen molar-refractivity contribution in [2.75, 3.05) is 20.8 Å². The quantitative estimate of drug-likeness (QED) is 0.677. The Morgan fingerprint density at radius 3 is 2.62 bits per heavy atom. The maximum Gasteiger partial charge on any atom is 0.0601 e. The number of hydrogen-bond donors (Lipinski definition) is 1. The summed E-state index contributed by atoms with van der Waals surface area (Å²) in [5.74, 6) is 0. The van der Waals surface area contributed by atoms with Gasteiger partial charge in [-0.2, -0.15) is 0 Å². The molecule has 1 rings (SSSR count). The second-order valence-electron chi connectivity index (χ2n) is 3.88. The normalized spacial score (nSPS) is 29.8. The summed E-state index contributed by atoms with van der Waals surface area (Å²) in [5.41, 5.74) is 0. The Bertz CT molecular complexity index is 132. The van der Waals surface area contributed by atoms with Crippen LogP contribution in [0.3, 0.4) is 0 Å². The van der Waals surface area contributed by atoms with E-state index in [2.05, 4.69) is 12.2 Å². The third-order valence-corrected chi connectivity index (χ3v) is 2.70. The predicted molar refractivity (Wildman–Crippen MR) is 52.9 cm³/mol. The van der Waals surface area contributed by atoms with Crippen LogP contribution in [0.15, 0.2) is 0 Å². The molecule has 1 unspecified atom stereocenters. The lowest BCUT2D eigenvalue weighted by molar-refractivity contribution is 0.0137. The van der Waals surface area contributed by atoms with Crippen LogP contribution in [0.2, 0.25) is 0 Å². The summed E-state index contributed by atoms with van der Waals surface area (Å²) in [6.45, 7) is 3.05. The molecule has 0 aromatic rings. The average molecular weight is 187 g/mol. The zero-order valence-electron chi connectivity index (χ0n) is 8.88. The van der Waals surface area contributed by atoms with Crippen LogP contribution in [-0.4, -0.2) is 39.0 Å². The van der Waals surface area contributed by atoms with Gasteiger partial charge < -0.3 is 14.8 Å². The van der Waals surface area contributed by atoms with E-state index in [9.17, 15) is 0 Å². The molecule has 78 valence electrons. The van der Waals surface area contributed by atoms with E-state index in [1.807, 2.05) is 0 Å². The lowest BCUT2D eigenvalue weighted by Gasteiger charge is -2.36. The van der Waals surface area contributed by atoms with Crippen LogP contribution < -0.4 is 5.32 Å². The summed E-state index contributed by atoms with van der Waals surface area (Å²) in [4.78, 5) is 0. The Labute approximate surface area is 80.8 Å². The van der Waals surface area contributed by atoms with E-state index in [1.165, 1.54) is 0 Å². The maximum atomic E-state index is 5.21. The summed E-state index contributed by atoms with van der Waals surface area (Å²) in [5, 5.41) is 3.56. The summed E-state index contributed by atoms with van der Waals surface area (Å²) in [6.07, 6.45) is 3.90. The first-order valence-corrected chi connectivity index (χ1v) is 5.04. The van der Waals surface area contributed by atoms with Gasteiger partial charge >= 0.3 is 0 Å². The molecule has 3 heteroatoms. The second-order valence-corrected chi connectivity index (χ2v) is 3.88. The Morgan fingerprint density at radius 1 is 1.38 bits per heavy atom. The van der Waals surface area contributed by atoms with E-state index in [-0.39, 0.29) is 0 Å². The molecule has 1 aliphatic rings. The summed E-state index contributed by atoms with van der Waals surface area (Å²) < 4.78 is 10.2. The Kier molecular flexibility index (Phi) is 4.70. The van der Waals surface area contributed by atoms with Gasteiger partial charge in [0.2, 0.25) is 0 Å². The number of methoxy groups -OCH3 is 2. The predicted octanol–water partition coefficient (Wildman–Crippen LogP) is 1.18. The number of rotatable bonds is 6. The SMILES string of the molecule is COCCC(C)NC1CC(OC)C1. The fourth-order valence-corrected chi connectivity index (χ4v) is 1.67. The molecule has 0 aliphatic heterocycles. The van der Waals surface area contributed by atoms with Gasteiger partial charge in [-0.15, -0.1) is 0 Å². The van der Waals surface area contributed by atoms with Crippen LogP contribution in [0, 0.1) is 0 Å². The molecule has 0 radical (unpaired) electrons. The van der Waals surface area contributed by atoms with Crippen LogP contribution in [0.1, 0.15) is 26.2 Å². The van der Waals surface area contributed by atoms with Crippen LogP contribution in [0.5, 0.6) is 0 Å². The van der Waals surface area contributed by atoms with Gasteiger partial charge in [0.1, 0.15) is 0 Å². The molecule has 0 saturated heterocycles. The first kappa shape index (κ1) is 11.0. The molecule has 0 aromatic heterocycles. The third-order valence-electron chi connectivity index (χ3n) is 2.70. The molecule has 0 spiro atoms. The molecule has 1 N–H and O–H groups in total. The van der Waals surface area contributed by atoms with Crippen molar-refractivity contribution in [3.8, 4) is 0 Å². The van der Waals surface area contributed by atoms with Gasteiger partial charge in [0, 0.05) is 32.9 Å². The Morgan fingerprint density at radius 2 is 2.08 bits per heavy atom. The minimum absolute atomic E-state index is 0.493. The molecule has 1 aliphatic carbocycles. The van der Waals surface area contributed by atoms with Gasteiger partial charge in [0.25, 0.3) is 0 Å². The van der Waals surface area contributed by atoms with Gasteiger partial charge in [-0.05, 0) is 26.2 Å². The lowest BCUT2D eigenvalue weighted by atomic mass is 9.88. The van der Waals surface area contributed by atoms with Crippen molar-refractivity contribution in [2.24, 2.45) is 0 Å². The van der Waals surface area contributed by atoms with Crippen molar-refractivity contribution in [1.82, 2.24) is 5.32 Å². The average Bonchev–Trinajstić information content (AvgIpc) is 2.07. The van der Waals surface area contributed by atoms with E-state index in [0.717, 1.165) is 25.9 Å². The van der Waals surface area contributed by atoms with Crippen molar-refractivity contribution in [1.29, 1.82) is 0 Å². The van der Waals surface area contributed by atoms with Crippen molar-refractivity contribution in [3.05, 3.63) is 0 Å². The highest BCUT2D eigenvalue weighted by Gasteiger charge is 2.29. The van der Waals surface area contributed by atoms with E-state index in [4.69, 9.17) is 9.47 Å². The van der Waals surface area contributed by atoms with Gasteiger partial charge in [0.15, 0.2) is 0 Å². The molecule has 0 aromatic carbocycles. The fourth-order valence-electron chi connectivity index (χ4n) is 1.67. The van der Waals surface area contributed by atoms with Crippen LogP contribution in [0.4, 0.5) is 0 Å². The highest BCUT2D eigenvalue weighted by atomic mass is 16.5. The van der Waals surface area contributed by atoms with Crippen molar-refractivity contribution < 1.29 is 9.47 Å². The van der Waals surface area contributed by atoms with Gasteiger partial charge in [-0.3, -0.25) is 0 Å². The van der Waals surface area contributed by atoms with Gasteiger partial charge in [-0.1, -0.05) is 0 Å². The van der Waals surface area contributed by atoms with E-state index >= 15 is 0 Å². The molecular formula is C10H21NO2. The fraction of sp³-hybridized carbons (Fsp3) is 1.00. The molecular weight excluding hydrogens is 166 g/mol. The molecule has 0 bridgehead atoms. The highest BCUT2D eigenvalue weighted by molar-refractivity contribution is 4.87. The summed E-state index contributed by atoms with van der Waals surface area (Å²) >= 11 is 0. The molecule has 13 heavy (non-hydrogen) atoms. The Hall–Kier alpha value is -0.120. The van der Waals surface area contributed by atoms with Crippen molar-refractivity contribution >= 4 is 0 Å². The zero-order valence-corrected chi connectivity index (χ0v) is 8.88. The minimum atomic E-state index is 0.493. The number of ether oxygens (including phenoxy) is 2. The second kappa shape index (κ2) is 5.58. The molecule has 0 amide bonds. The van der Waals surface area contributed by atoms with Crippen LogP contribution in [0.25, 0.3) is 0 Å². The maximum absolute atomic E-state index is 5.21. The van der Waals surface area contributed by atoms with E-state index < -0.39 is 0 Å². The van der Waals surface area contributed by atoms with Crippen LogP contribution >= 0.6 is 0 Å².